The zero-order valence-electron chi connectivity index (χ0n) is 8.94. The van der Waals surface area contributed by atoms with Crippen LogP contribution in [0.25, 0.3) is 0 Å². The van der Waals surface area contributed by atoms with Crippen LogP contribution in [0.2, 0.25) is 0 Å². The summed E-state index contributed by atoms with van der Waals surface area (Å²) in [5.74, 6) is 0.721. The quantitative estimate of drug-likeness (QED) is 0.689. The van der Waals surface area contributed by atoms with Gasteiger partial charge in [0.15, 0.2) is 5.78 Å². The molecule has 3 heteroatoms. The average molecular weight is 336 g/mol. The Morgan fingerprint density at radius 1 is 1.06 bits per heavy atom. The molecular formula is C14H9IO2. The summed E-state index contributed by atoms with van der Waals surface area (Å²) in [5, 5.41) is 0. The Hall–Kier alpha value is -1.36. The van der Waals surface area contributed by atoms with Crippen molar-refractivity contribution >= 4 is 28.4 Å². The van der Waals surface area contributed by atoms with Gasteiger partial charge in [-0.3, -0.25) is 4.79 Å². The number of ketones is 1. The average Bonchev–Trinajstić information content (AvgIpc) is 2.49. The highest BCUT2D eigenvalue weighted by Crippen LogP contribution is 2.29. The zero-order valence-corrected chi connectivity index (χ0v) is 11.1. The summed E-state index contributed by atoms with van der Waals surface area (Å²) in [6, 6.07) is 13.3. The maximum Gasteiger partial charge on any atom is 0.197 e. The molecular weight excluding hydrogens is 327 g/mol. The van der Waals surface area contributed by atoms with Gasteiger partial charge in [0.2, 0.25) is 0 Å². The van der Waals surface area contributed by atoms with Gasteiger partial charge in [-0.05, 0) is 40.8 Å². The van der Waals surface area contributed by atoms with Crippen molar-refractivity contribution in [1.82, 2.24) is 0 Å². The molecule has 2 aromatic carbocycles. The maximum atomic E-state index is 12.4. The lowest BCUT2D eigenvalue weighted by Crippen LogP contribution is -2.02. The Morgan fingerprint density at radius 3 is 2.76 bits per heavy atom. The first-order valence-corrected chi connectivity index (χ1v) is 6.38. The van der Waals surface area contributed by atoms with Crippen LogP contribution in [0.4, 0.5) is 0 Å². The van der Waals surface area contributed by atoms with E-state index in [1.165, 1.54) is 0 Å². The predicted molar refractivity (Wildman–Crippen MR) is 73.4 cm³/mol. The fourth-order valence-electron chi connectivity index (χ4n) is 1.97. The molecule has 1 heterocycles. The highest BCUT2D eigenvalue weighted by Gasteiger charge is 2.21. The Labute approximate surface area is 113 Å². The monoisotopic (exact) mass is 336 g/mol. The lowest BCUT2D eigenvalue weighted by atomic mass is 9.99. The van der Waals surface area contributed by atoms with Gasteiger partial charge in [-0.2, -0.15) is 0 Å². The second-order valence-electron chi connectivity index (χ2n) is 3.92. The minimum atomic E-state index is 0.0478. The predicted octanol–water partition coefficient (Wildman–Crippen LogP) is 3.41. The number of ether oxygens (including phenoxy) is 1. The molecule has 0 fully saturated rings. The number of benzene rings is 2. The fourth-order valence-corrected chi connectivity index (χ4v) is 2.46. The van der Waals surface area contributed by atoms with Gasteiger partial charge in [-0.25, -0.2) is 0 Å². The zero-order chi connectivity index (χ0) is 11.8. The molecule has 0 amide bonds. The SMILES string of the molecule is O=C1c2ccccc2COc2ccc(I)cc21. The number of fused-ring (bicyclic) bond motifs is 2. The van der Waals surface area contributed by atoms with Gasteiger partial charge in [0.25, 0.3) is 0 Å². The third-order valence-corrected chi connectivity index (χ3v) is 3.50. The van der Waals surface area contributed by atoms with Crippen molar-refractivity contribution in [3.05, 3.63) is 62.7 Å². The van der Waals surface area contributed by atoms with Crippen LogP contribution in [0.15, 0.2) is 42.5 Å². The lowest BCUT2D eigenvalue weighted by molar-refractivity contribution is 0.103. The third-order valence-electron chi connectivity index (χ3n) is 2.83. The van der Waals surface area contributed by atoms with Crippen molar-refractivity contribution in [2.24, 2.45) is 0 Å². The van der Waals surface area contributed by atoms with Crippen LogP contribution in [-0.2, 0) is 6.61 Å². The second-order valence-corrected chi connectivity index (χ2v) is 5.16. The van der Waals surface area contributed by atoms with Gasteiger partial charge in [-0.1, -0.05) is 24.3 Å². The maximum absolute atomic E-state index is 12.4. The molecule has 17 heavy (non-hydrogen) atoms. The Bertz CT molecular complexity index is 605. The van der Waals surface area contributed by atoms with E-state index in [4.69, 9.17) is 4.74 Å². The first kappa shape index (κ1) is 10.8. The summed E-state index contributed by atoms with van der Waals surface area (Å²) in [6.45, 7) is 0.454. The number of carbonyl (C=O) groups is 1. The van der Waals surface area contributed by atoms with E-state index in [0.29, 0.717) is 17.9 Å². The lowest BCUT2D eigenvalue weighted by Gasteiger charge is -2.05. The van der Waals surface area contributed by atoms with Crippen molar-refractivity contribution in [3.8, 4) is 5.75 Å². The topological polar surface area (TPSA) is 26.3 Å². The van der Waals surface area contributed by atoms with Crippen molar-refractivity contribution in [2.75, 3.05) is 0 Å². The Kier molecular flexibility index (Phi) is 2.63. The van der Waals surface area contributed by atoms with E-state index >= 15 is 0 Å². The molecule has 84 valence electrons. The molecule has 0 saturated heterocycles. The number of rotatable bonds is 0. The van der Waals surface area contributed by atoms with Crippen molar-refractivity contribution in [3.63, 3.8) is 0 Å². The summed E-state index contributed by atoms with van der Waals surface area (Å²) in [5.41, 5.74) is 2.35. The van der Waals surface area contributed by atoms with E-state index in [1.807, 2.05) is 42.5 Å². The van der Waals surface area contributed by atoms with Gasteiger partial charge in [0.1, 0.15) is 12.4 Å². The molecule has 3 rings (SSSR count). The first-order chi connectivity index (χ1) is 8.25. The normalized spacial score (nSPS) is 13.4. The Morgan fingerprint density at radius 2 is 1.88 bits per heavy atom. The molecule has 0 saturated carbocycles. The highest BCUT2D eigenvalue weighted by molar-refractivity contribution is 14.1. The van der Waals surface area contributed by atoms with Crippen LogP contribution in [-0.4, -0.2) is 5.78 Å². The van der Waals surface area contributed by atoms with Crippen molar-refractivity contribution < 1.29 is 9.53 Å². The third kappa shape index (κ3) is 1.84. The molecule has 0 N–H and O–H groups in total. The molecule has 0 unspecified atom stereocenters. The minimum absolute atomic E-state index is 0.0478. The summed E-state index contributed by atoms with van der Waals surface area (Å²) in [6.07, 6.45) is 0. The molecule has 0 bridgehead atoms. The first-order valence-electron chi connectivity index (χ1n) is 5.30. The van der Waals surface area contributed by atoms with Crippen molar-refractivity contribution in [1.29, 1.82) is 0 Å². The smallest absolute Gasteiger partial charge is 0.197 e. The molecule has 0 aromatic heterocycles. The van der Waals surface area contributed by atoms with Crippen LogP contribution in [0.5, 0.6) is 5.75 Å². The van der Waals surface area contributed by atoms with Crippen LogP contribution < -0.4 is 4.74 Å². The van der Waals surface area contributed by atoms with Gasteiger partial charge < -0.3 is 4.74 Å². The fraction of sp³-hybridized carbons (Fsp3) is 0.0714. The van der Waals surface area contributed by atoms with E-state index in [9.17, 15) is 4.79 Å². The number of halogens is 1. The molecule has 0 radical (unpaired) electrons. The van der Waals surface area contributed by atoms with E-state index < -0.39 is 0 Å². The molecule has 2 aromatic rings. The summed E-state index contributed by atoms with van der Waals surface area (Å²) < 4.78 is 6.72. The second kappa shape index (κ2) is 4.14. The molecule has 0 aliphatic carbocycles. The van der Waals surface area contributed by atoms with Gasteiger partial charge in [0.05, 0.1) is 5.56 Å². The summed E-state index contributed by atoms with van der Waals surface area (Å²) in [4.78, 5) is 12.4. The number of carbonyl (C=O) groups excluding carboxylic acids is 1. The Balaban J connectivity index is 2.22. The minimum Gasteiger partial charge on any atom is -0.488 e. The number of hydrogen-bond acceptors (Lipinski definition) is 2. The van der Waals surface area contributed by atoms with Gasteiger partial charge in [0, 0.05) is 14.7 Å². The molecule has 1 aliphatic heterocycles. The van der Waals surface area contributed by atoms with Crippen molar-refractivity contribution in [2.45, 2.75) is 6.61 Å². The van der Waals surface area contributed by atoms with Crippen LogP contribution in [0.1, 0.15) is 21.5 Å². The van der Waals surface area contributed by atoms with E-state index in [-0.39, 0.29) is 5.78 Å². The molecule has 0 atom stereocenters. The van der Waals surface area contributed by atoms with Crippen LogP contribution in [0, 0.1) is 3.57 Å². The van der Waals surface area contributed by atoms with Crippen LogP contribution >= 0.6 is 22.6 Å². The van der Waals surface area contributed by atoms with E-state index in [2.05, 4.69) is 22.6 Å². The standard InChI is InChI=1S/C14H9IO2/c15-10-5-6-13-12(7-10)14(16)11-4-2-1-3-9(11)8-17-13/h1-7H,8H2. The summed E-state index contributed by atoms with van der Waals surface area (Å²) in [7, 11) is 0. The van der Waals surface area contributed by atoms with Gasteiger partial charge >= 0.3 is 0 Å². The molecule has 2 nitrogen and oxygen atoms in total. The molecule has 0 spiro atoms. The number of hydrogen-bond donors (Lipinski definition) is 0. The van der Waals surface area contributed by atoms with Gasteiger partial charge in [-0.15, -0.1) is 0 Å². The van der Waals surface area contributed by atoms with E-state index in [1.54, 1.807) is 0 Å². The van der Waals surface area contributed by atoms with E-state index in [0.717, 1.165) is 14.7 Å². The van der Waals surface area contributed by atoms with Crippen LogP contribution in [0.3, 0.4) is 0 Å². The highest BCUT2D eigenvalue weighted by atomic mass is 127. The summed E-state index contributed by atoms with van der Waals surface area (Å²) >= 11 is 2.20. The molecule has 1 aliphatic rings. The largest absolute Gasteiger partial charge is 0.488 e.